The minimum Gasteiger partial charge on any atom is -0.478 e. The number of benzene rings is 3. The van der Waals surface area contributed by atoms with Crippen LogP contribution in [0.3, 0.4) is 0 Å². The Bertz CT molecular complexity index is 1840. The van der Waals surface area contributed by atoms with Gasteiger partial charge in [0.1, 0.15) is 17.6 Å². The van der Waals surface area contributed by atoms with E-state index in [1.165, 1.54) is 28.8 Å². The summed E-state index contributed by atoms with van der Waals surface area (Å²) < 4.78 is 26.6. The molecule has 1 atom stereocenters. The summed E-state index contributed by atoms with van der Waals surface area (Å²) in [7, 11) is 0. The Morgan fingerprint density at radius 2 is 1.93 bits per heavy atom. The fourth-order valence-electron chi connectivity index (χ4n) is 4.42. The zero-order chi connectivity index (χ0) is 28.2. The van der Waals surface area contributed by atoms with E-state index < -0.39 is 23.4 Å². The number of carbonyl (C=O) groups is 1. The Hall–Kier alpha value is -4.52. The second-order valence-corrected chi connectivity index (χ2v) is 10.1. The number of hydrogen-bond donors (Lipinski definition) is 0. The van der Waals surface area contributed by atoms with Gasteiger partial charge in [-0.15, -0.1) is 0 Å². The molecule has 0 amide bonds. The number of esters is 1. The predicted molar refractivity (Wildman–Crippen MR) is 150 cm³/mol. The average molecular weight is 574 g/mol. The lowest BCUT2D eigenvalue weighted by Gasteiger charge is -2.25. The molecule has 0 bridgehead atoms. The summed E-state index contributed by atoms with van der Waals surface area (Å²) >= 11 is 7.34. The largest absolute Gasteiger partial charge is 0.478 e. The molecule has 0 aliphatic carbocycles. The third kappa shape index (κ3) is 5.32. The van der Waals surface area contributed by atoms with Crippen LogP contribution >= 0.6 is 22.9 Å². The zero-order valence-corrected chi connectivity index (χ0v) is 22.7. The summed E-state index contributed by atoms with van der Waals surface area (Å²) in [6.07, 6.45) is 1.61. The topological polar surface area (TPSA) is 93.7 Å². The number of halogens is 2. The molecule has 4 aromatic rings. The van der Waals surface area contributed by atoms with E-state index in [2.05, 4.69) is 0 Å². The van der Waals surface area contributed by atoms with Gasteiger partial charge in [0.15, 0.2) is 11.4 Å². The van der Waals surface area contributed by atoms with E-state index in [0.717, 1.165) is 11.3 Å². The van der Waals surface area contributed by atoms with Gasteiger partial charge in [-0.3, -0.25) is 9.36 Å². The maximum atomic E-state index is 14.0. The lowest BCUT2D eigenvalue weighted by atomic mass is 9.93. The number of aromatic nitrogens is 1. The number of rotatable bonds is 7. The highest BCUT2D eigenvalue weighted by atomic mass is 35.5. The SMILES string of the molecule is CCOC(=O)C1=C(c2ccccc2)N=c2s/c(=C\c3cc(Cl)ccc3OCC#N)c(=O)n2[C@H]1c1ccc(F)cc1. The molecule has 0 radical (unpaired) electrons. The van der Waals surface area contributed by atoms with Gasteiger partial charge in [-0.25, -0.2) is 14.2 Å². The van der Waals surface area contributed by atoms with Crippen LogP contribution < -0.4 is 19.6 Å². The van der Waals surface area contributed by atoms with Gasteiger partial charge in [0.25, 0.3) is 5.56 Å². The molecule has 1 aromatic heterocycles. The van der Waals surface area contributed by atoms with Crippen LogP contribution in [-0.2, 0) is 9.53 Å². The molecule has 0 spiro atoms. The van der Waals surface area contributed by atoms with Crippen molar-refractivity contribution in [2.45, 2.75) is 13.0 Å². The van der Waals surface area contributed by atoms with Crippen LogP contribution in [0.4, 0.5) is 4.39 Å². The van der Waals surface area contributed by atoms with Crippen LogP contribution in [0.5, 0.6) is 5.75 Å². The van der Waals surface area contributed by atoms with Crippen molar-refractivity contribution < 1.29 is 18.7 Å². The number of thiazole rings is 1. The van der Waals surface area contributed by atoms with Crippen LogP contribution in [0.25, 0.3) is 11.8 Å². The van der Waals surface area contributed by atoms with Crippen molar-refractivity contribution in [2.75, 3.05) is 13.2 Å². The zero-order valence-electron chi connectivity index (χ0n) is 21.1. The summed E-state index contributed by atoms with van der Waals surface area (Å²) in [6, 6.07) is 20.6. The van der Waals surface area contributed by atoms with Crippen molar-refractivity contribution in [3.05, 3.63) is 126 Å². The van der Waals surface area contributed by atoms with Gasteiger partial charge in [0, 0.05) is 16.1 Å². The first kappa shape index (κ1) is 27.1. The molecule has 1 aliphatic rings. The van der Waals surface area contributed by atoms with Crippen molar-refractivity contribution in [3.8, 4) is 11.8 Å². The normalized spacial score (nSPS) is 14.8. The smallest absolute Gasteiger partial charge is 0.338 e. The van der Waals surface area contributed by atoms with E-state index in [-0.39, 0.29) is 18.8 Å². The Balaban J connectivity index is 1.81. The summed E-state index contributed by atoms with van der Waals surface area (Å²) in [6.45, 7) is 1.63. The molecular formula is C30H21ClFN3O4S. The summed E-state index contributed by atoms with van der Waals surface area (Å²) in [5.74, 6) is -0.702. The molecule has 1 aliphatic heterocycles. The summed E-state index contributed by atoms with van der Waals surface area (Å²) in [4.78, 5) is 32.5. The fourth-order valence-corrected chi connectivity index (χ4v) is 5.59. The van der Waals surface area contributed by atoms with Crippen molar-refractivity contribution in [1.29, 1.82) is 5.26 Å². The minimum absolute atomic E-state index is 0.116. The molecule has 3 aromatic carbocycles. The first-order chi connectivity index (χ1) is 19.4. The molecule has 0 fully saturated rings. The number of hydrogen-bond acceptors (Lipinski definition) is 7. The molecule has 2 heterocycles. The molecule has 0 saturated carbocycles. The van der Waals surface area contributed by atoms with Crippen LogP contribution in [0, 0.1) is 17.1 Å². The third-order valence-corrected chi connectivity index (χ3v) is 7.33. The van der Waals surface area contributed by atoms with E-state index >= 15 is 0 Å². The molecule has 200 valence electrons. The van der Waals surface area contributed by atoms with Crippen LogP contribution in [0.2, 0.25) is 5.02 Å². The van der Waals surface area contributed by atoms with E-state index in [1.54, 1.807) is 31.2 Å². The Labute approximate surface area is 237 Å². The van der Waals surface area contributed by atoms with E-state index in [9.17, 15) is 14.0 Å². The molecule has 0 unspecified atom stereocenters. The molecule has 10 heteroatoms. The predicted octanol–water partition coefficient (Wildman–Crippen LogP) is 4.63. The molecule has 7 nitrogen and oxygen atoms in total. The summed E-state index contributed by atoms with van der Waals surface area (Å²) in [5.41, 5.74) is 1.79. The van der Waals surface area contributed by atoms with Crippen molar-refractivity contribution in [3.63, 3.8) is 0 Å². The van der Waals surface area contributed by atoms with Gasteiger partial charge in [0.2, 0.25) is 0 Å². The molecular weight excluding hydrogens is 553 g/mol. The second kappa shape index (κ2) is 11.7. The van der Waals surface area contributed by atoms with E-state index in [1.807, 2.05) is 36.4 Å². The number of carbonyl (C=O) groups excluding carboxylic acids is 1. The fraction of sp³-hybridized carbons (Fsp3) is 0.133. The van der Waals surface area contributed by atoms with E-state index in [0.29, 0.717) is 42.5 Å². The number of nitrogens with zero attached hydrogens (tertiary/aromatic N) is 3. The van der Waals surface area contributed by atoms with Gasteiger partial charge >= 0.3 is 5.97 Å². The second-order valence-electron chi connectivity index (χ2n) is 8.61. The van der Waals surface area contributed by atoms with Gasteiger partial charge in [-0.2, -0.15) is 5.26 Å². The maximum Gasteiger partial charge on any atom is 0.338 e. The highest BCUT2D eigenvalue weighted by Gasteiger charge is 2.35. The van der Waals surface area contributed by atoms with Gasteiger partial charge in [0.05, 0.1) is 28.5 Å². The van der Waals surface area contributed by atoms with Crippen molar-refractivity contribution in [2.24, 2.45) is 4.99 Å². The Morgan fingerprint density at radius 1 is 1.18 bits per heavy atom. The van der Waals surface area contributed by atoms with Crippen molar-refractivity contribution >= 4 is 40.7 Å². The Kier molecular flexibility index (Phi) is 7.91. The molecule has 40 heavy (non-hydrogen) atoms. The first-order valence-corrected chi connectivity index (χ1v) is 13.4. The van der Waals surface area contributed by atoms with Crippen LogP contribution in [-0.4, -0.2) is 23.8 Å². The highest BCUT2D eigenvalue weighted by Crippen LogP contribution is 2.35. The maximum absolute atomic E-state index is 14.0. The van der Waals surface area contributed by atoms with Crippen LogP contribution in [0.15, 0.2) is 88.2 Å². The third-order valence-electron chi connectivity index (χ3n) is 6.11. The molecule has 0 saturated heterocycles. The Morgan fingerprint density at radius 3 is 2.62 bits per heavy atom. The first-order valence-electron chi connectivity index (χ1n) is 12.2. The van der Waals surface area contributed by atoms with Crippen molar-refractivity contribution in [1.82, 2.24) is 4.57 Å². The number of fused-ring (bicyclic) bond motifs is 1. The number of nitriles is 1. The molecule has 5 rings (SSSR count). The van der Waals surface area contributed by atoms with E-state index in [4.69, 9.17) is 31.3 Å². The monoisotopic (exact) mass is 573 g/mol. The van der Waals surface area contributed by atoms with Crippen LogP contribution in [0.1, 0.15) is 29.7 Å². The quantitative estimate of drug-likeness (QED) is 0.301. The van der Waals surface area contributed by atoms with Gasteiger partial charge in [-0.1, -0.05) is 65.4 Å². The number of ether oxygens (including phenoxy) is 2. The average Bonchev–Trinajstić information content (AvgIpc) is 3.27. The molecule has 0 N–H and O–H groups in total. The standard InChI is InChI=1S/C30H21ClFN3O4S/c1-2-38-29(37)25-26(18-6-4-3-5-7-18)34-30-35(27(25)19-8-11-22(32)12-9-19)28(36)24(40-30)17-20-16-21(31)10-13-23(20)39-15-14-33/h3-13,16-17,27H,2,15H2,1H3/b24-17-/t27-/m0/s1. The van der Waals surface area contributed by atoms with Gasteiger partial charge < -0.3 is 9.47 Å². The lowest BCUT2D eigenvalue weighted by molar-refractivity contribution is -0.138. The lowest BCUT2D eigenvalue weighted by Crippen LogP contribution is -2.40. The summed E-state index contributed by atoms with van der Waals surface area (Å²) in [5, 5.41) is 9.38. The van der Waals surface area contributed by atoms with Gasteiger partial charge in [-0.05, 0) is 48.9 Å². The minimum atomic E-state index is -0.929. The highest BCUT2D eigenvalue weighted by molar-refractivity contribution is 7.07.